The van der Waals surface area contributed by atoms with E-state index in [2.05, 4.69) is 179 Å². The lowest BCUT2D eigenvalue weighted by molar-refractivity contribution is 0.669. The van der Waals surface area contributed by atoms with Gasteiger partial charge in [-0.15, -0.1) is 0 Å². The number of fused-ring (bicyclic) bond motifs is 11. The Morgan fingerprint density at radius 3 is 1.82 bits per heavy atom. The van der Waals surface area contributed by atoms with Crippen molar-refractivity contribution in [3.05, 3.63) is 182 Å². The molecule has 9 aromatic carbocycles. The lowest BCUT2D eigenvalue weighted by Gasteiger charge is -2.26. The molecule has 11 aromatic rings. The molecule has 0 amide bonds. The lowest BCUT2D eigenvalue weighted by Crippen LogP contribution is -2.10. The molecule has 11 rings (SSSR count). The molecular weight excluding hydrogens is 621 g/mol. The van der Waals surface area contributed by atoms with E-state index in [0.29, 0.717) is 0 Å². The van der Waals surface area contributed by atoms with Crippen LogP contribution in [0, 0.1) is 0 Å². The van der Waals surface area contributed by atoms with Crippen molar-refractivity contribution in [3.8, 4) is 5.69 Å². The Balaban J connectivity index is 1.17. The van der Waals surface area contributed by atoms with Gasteiger partial charge >= 0.3 is 0 Å². The number of para-hydroxylation sites is 3. The van der Waals surface area contributed by atoms with E-state index in [-0.39, 0.29) is 0 Å². The summed E-state index contributed by atoms with van der Waals surface area (Å²) in [6.07, 6.45) is 0. The van der Waals surface area contributed by atoms with Gasteiger partial charge in [0.05, 0.1) is 11.0 Å². The number of rotatable bonds is 4. The first kappa shape index (κ1) is 28.0. The molecule has 3 nitrogen and oxygen atoms in total. The smallest absolute Gasteiger partial charge is 0.137 e. The van der Waals surface area contributed by atoms with Gasteiger partial charge in [0.1, 0.15) is 11.2 Å². The second kappa shape index (κ2) is 10.8. The van der Waals surface area contributed by atoms with Crippen LogP contribution in [0.4, 0.5) is 17.1 Å². The van der Waals surface area contributed by atoms with E-state index in [1.165, 1.54) is 54.1 Å². The zero-order valence-electron chi connectivity index (χ0n) is 27.6. The van der Waals surface area contributed by atoms with Gasteiger partial charge in [-0.2, -0.15) is 0 Å². The summed E-state index contributed by atoms with van der Waals surface area (Å²) in [5.41, 5.74) is 8.50. The van der Waals surface area contributed by atoms with E-state index in [0.717, 1.165) is 44.7 Å². The molecule has 0 aliphatic carbocycles. The average Bonchev–Trinajstić information content (AvgIpc) is 3.73. The van der Waals surface area contributed by atoms with Gasteiger partial charge in [0.2, 0.25) is 0 Å². The largest absolute Gasteiger partial charge is 0.456 e. The topological polar surface area (TPSA) is 21.3 Å². The van der Waals surface area contributed by atoms with E-state index < -0.39 is 0 Å². The van der Waals surface area contributed by atoms with Gasteiger partial charge in [0.25, 0.3) is 0 Å². The second-order valence-corrected chi connectivity index (χ2v) is 13.4. The minimum Gasteiger partial charge on any atom is -0.456 e. The van der Waals surface area contributed by atoms with E-state index in [1.54, 1.807) is 0 Å². The van der Waals surface area contributed by atoms with Crippen molar-refractivity contribution >= 4 is 93.1 Å². The summed E-state index contributed by atoms with van der Waals surface area (Å²) in [5, 5.41) is 12.2. The molecule has 0 atom stereocenters. The van der Waals surface area contributed by atoms with E-state index in [1.807, 2.05) is 12.1 Å². The number of anilines is 3. The van der Waals surface area contributed by atoms with Crippen LogP contribution in [0.15, 0.2) is 186 Å². The highest BCUT2D eigenvalue weighted by atomic mass is 16.3. The van der Waals surface area contributed by atoms with Crippen LogP contribution in [0.5, 0.6) is 0 Å². The van der Waals surface area contributed by atoms with Crippen molar-refractivity contribution in [2.75, 3.05) is 4.90 Å². The van der Waals surface area contributed by atoms with Gasteiger partial charge in [-0.05, 0) is 99.0 Å². The average molecular weight is 651 g/mol. The molecule has 0 unspecified atom stereocenters. The van der Waals surface area contributed by atoms with Crippen molar-refractivity contribution in [1.82, 2.24) is 4.57 Å². The summed E-state index contributed by atoms with van der Waals surface area (Å²) in [5.74, 6) is 0. The van der Waals surface area contributed by atoms with Crippen molar-refractivity contribution in [2.45, 2.75) is 0 Å². The molecule has 0 saturated heterocycles. The third kappa shape index (κ3) is 4.25. The van der Waals surface area contributed by atoms with Gasteiger partial charge < -0.3 is 13.9 Å². The molecule has 0 aliphatic heterocycles. The van der Waals surface area contributed by atoms with E-state index in [9.17, 15) is 0 Å². The summed E-state index contributed by atoms with van der Waals surface area (Å²) in [6, 6.07) is 65.6. The van der Waals surface area contributed by atoms with Crippen LogP contribution >= 0.6 is 0 Å². The zero-order chi connectivity index (χ0) is 33.5. The molecule has 0 saturated carbocycles. The number of hydrogen-bond acceptors (Lipinski definition) is 2. The van der Waals surface area contributed by atoms with Crippen LogP contribution in [0.25, 0.3) is 81.7 Å². The van der Waals surface area contributed by atoms with Crippen LogP contribution in [0.2, 0.25) is 0 Å². The van der Waals surface area contributed by atoms with Crippen molar-refractivity contribution in [3.63, 3.8) is 0 Å². The Kier molecular flexibility index (Phi) is 5.96. The maximum Gasteiger partial charge on any atom is 0.137 e. The number of nitrogens with zero attached hydrogens (tertiary/aromatic N) is 2. The molecule has 3 heteroatoms. The van der Waals surface area contributed by atoms with Crippen LogP contribution in [-0.2, 0) is 0 Å². The fraction of sp³-hybridized carbons (Fsp3) is 0. The fourth-order valence-corrected chi connectivity index (χ4v) is 8.22. The summed E-state index contributed by atoms with van der Waals surface area (Å²) < 4.78 is 8.79. The molecule has 2 heterocycles. The van der Waals surface area contributed by atoms with Gasteiger partial charge in [-0.3, -0.25) is 0 Å². The van der Waals surface area contributed by atoms with Gasteiger partial charge in [-0.1, -0.05) is 109 Å². The maximum absolute atomic E-state index is 6.42. The molecule has 0 spiro atoms. The Morgan fingerprint density at radius 2 is 0.941 bits per heavy atom. The molecular formula is C48H30N2O. The summed E-state index contributed by atoms with van der Waals surface area (Å²) in [7, 11) is 0. The number of aromatic nitrogens is 1. The molecule has 0 aliphatic rings. The summed E-state index contributed by atoms with van der Waals surface area (Å²) in [6.45, 7) is 0. The Labute approximate surface area is 293 Å². The van der Waals surface area contributed by atoms with Crippen LogP contribution in [0.1, 0.15) is 0 Å². The van der Waals surface area contributed by atoms with Crippen molar-refractivity contribution < 1.29 is 4.42 Å². The van der Waals surface area contributed by atoms with Gasteiger partial charge in [0.15, 0.2) is 0 Å². The van der Waals surface area contributed by atoms with E-state index in [4.69, 9.17) is 4.42 Å². The van der Waals surface area contributed by atoms with Crippen LogP contribution in [0.3, 0.4) is 0 Å². The number of hydrogen-bond donors (Lipinski definition) is 0. The normalized spacial score (nSPS) is 11.9. The number of furan rings is 1. The highest BCUT2D eigenvalue weighted by Gasteiger charge is 2.19. The van der Waals surface area contributed by atoms with Gasteiger partial charge in [0, 0.05) is 50.4 Å². The van der Waals surface area contributed by atoms with Crippen LogP contribution in [-0.4, -0.2) is 4.57 Å². The SMILES string of the molecule is c1ccc(-n2c3ccccc3c3cc(N(c4ccc5c(ccc6ccc7ccccc7c65)c4)c4ccc5c(c4)oc4ccccc45)ccc32)cc1. The van der Waals surface area contributed by atoms with Crippen molar-refractivity contribution in [1.29, 1.82) is 0 Å². The molecule has 238 valence electrons. The third-order valence-corrected chi connectivity index (χ3v) is 10.5. The lowest BCUT2D eigenvalue weighted by atomic mass is 9.96. The second-order valence-electron chi connectivity index (χ2n) is 13.4. The molecule has 2 aromatic heterocycles. The minimum absolute atomic E-state index is 0.874. The third-order valence-electron chi connectivity index (χ3n) is 10.5. The first-order valence-corrected chi connectivity index (χ1v) is 17.4. The molecule has 0 fully saturated rings. The van der Waals surface area contributed by atoms with Gasteiger partial charge in [-0.25, -0.2) is 0 Å². The first-order valence-electron chi connectivity index (χ1n) is 17.4. The monoisotopic (exact) mass is 650 g/mol. The van der Waals surface area contributed by atoms with E-state index >= 15 is 0 Å². The number of benzene rings is 9. The Hall–Kier alpha value is -6.84. The highest BCUT2D eigenvalue weighted by Crippen LogP contribution is 2.43. The Morgan fingerprint density at radius 1 is 0.353 bits per heavy atom. The molecule has 0 bridgehead atoms. The Bertz CT molecular complexity index is 3150. The molecule has 0 N–H and O–H groups in total. The zero-order valence-corrected chi connectivity index (χ0v) is 27.6. The predicted molar refractivity (Wildman–Crippen MR) is 215 cm³/mol. The molecule has 51 heavy (non-hydrogen) atoms. The standard InChI is InChI=1S/C48H30N2O/c1-2-11-34(12-3-1)50-44-16-8-6-14-40(44)43-29-36(24-27-45(43)50)49(37-23-26-42-41-15-7-9-17-46(41)51-47(42)30-37)35-22-25-39-33(28-35)21-20-32-19-18-31-10-4-5-13-38(31)48(32)39/h1-30H. The highest BCUT2D eigenvalue weighted by molar-refractivity contribution is 6.20. The quantitative estimate of drug-likeness (QED) is 0.177. The minimum atomic E-state index is 0.874. The van der Waals surface area contributed by atoms with Crippen molar-refractivity contribution in [2.24, 2.45) is 0 Å². The predicted octanol–water partition coefficient (Wildman–Crippen LogP) is 13.6. The molecule has 0 radical (unpaired) electrons. The summed E-state index contributed by atoms with van der Waals surface area (Å²) >= 11 is 0. The maximum atomic E-state index is 6.42. The van der Waals surface area contributed by atoms with Crippen LogP contribution < -0.4 is 4.90 Å². The first-order chi connectivity index (χ1) is 25.3. The fourth-order valence-electron chi connectivity index (χ4n) is 8.22. The summed E-state index contributed by atoms with van der Waals surface area (Å²) in [4.78, 5) is 2.37.